The van der Waals surface area contributed by atoms with Crippen molar-refractivity contribution in [2.45, 2.75) is 50.6 Å². The summed E-state index contributed by atoms with van der Waals surface area (Å²) in [4.78, 5) is 14.1. The zero-order chi connectivity index (χ0) is 18.0. The van der Waals surface area contributed by atoms with Crippen molar-refractivity contribution >= 4 is 16.8 Å². The first kappa shape index (κ1) is 17.7. The highest BCUT2D eigenvalue weighted by atomic mass is 16.5. The number of amides is 1. The van der Waals surface area contributed by atoms with Gasteiger partial charge in [-0.2, -0.15) is 0 Å². The number of aromatic nitrogens is 1. The lowest BCUT2D eigenvalue weighted by molar-refractivity contribution is -0.128. The van der Waals surface area contributed by atoms with Crippen LogP contribution in [0.4, 0.5) is 0 Å². The van der Waals surface area contributed by atoms with Crippen LogP contribution in [0.3, 0.4) is 0 Å². The lowest BCUT2D eigenvalue weighted by Crippen LogP contribution is -2.51. The first-order valence-corrected chi connectivity index (χ1v) is 8.51. The summed E-state index contributed by atoms with van der Waals surface area (Å²) in [5.74, 6) is 0.546. The number of benzene rings is 1. The van der Waals surface area contributed by atoms with Gasteiger partial charge in [-0.1, -0.05) is 0 Å². The Morgan fingerprint density at radius 1 is 1.28 bits per heavy atom. The number of hydrogen-bond donors (Lipinski definition) is 5. The predicted octanol–water partition coefficient (Wildman–Crippen LogP) is 0.470. The van der Waals surface area contributed by atoms with Crippen molar-refractivity contribution in [2.75, 3.05) is 6.54 Å². The SMILES string of the molecule is CC(=O)NCCc1c[nH]c2cc(OC3CCC(O)C(O)C3O)ccc12. The van der Waals surface area contributed by atoms with Gasteiger partial charge in [0.2, 0.25) is 5.91 Å². The van der Waals surface area contributed by atoms with Crippen LogP contribution in [0.2, 0.25) is 0 Å². The average Bonchev–Trinajstić information content (AvgIpc) is 2.97. The molecular formula is C18H24N2O5. The van der Waals surface area contributed by atoms with E-state index in [1.165, 1.54) is 6.92 Å². The van der Waals surface area contributed by atoms with Gasteiger partial charge in [0, 0.05) is 36.6 Å². The number of aliphatic hydroxyl groups is 3. The number of ether oxygens (including phenoxy) is 1. The molecule has 0 aliphatic heterocycles. The number of rotatable bonds is 5. The summed E-state index contributed by atoms with van der Waals surface area (Å²) in [5.41, 5.74) is 2.01. The number of aliphatic hydroxyl groups excluding tert-OH is 3. The van der Waals surface area contributed by atoms with E-state index in [4.69, 9.17) is 4.74 Å². The summed E-state index contributed by atoms with van der Waals surface area (Å²) in [6.45, 7) is 2.07. The highest BCUT2D eigenvalue weighted by Gasteiger charge is 2.37. The summed E-state index contributed by atoms with van der Waals surface area (Å²) in [6, 6.07) is 5.61. The molecule has 136 valence electrons. The van der Waals surface area contributed by atoms with Crippen LogP contribution >= 0.6 is 0 Å². The second kappa shape index (κ2) is 7.43. The Hall–Kier alpha value is -2.09. The number of carbonyl (C=O) groups is 1. The molecule has 0 spiro atoms. The molecule has 7 heteroatoms. The van der Waals surface area contributed by atoms with Crippen LogP contribution in [0.5, 0.6) is 5.75 Å². The van der Waals surface area contributed by atoms with Gasteiger partial charge in [0.1, 0.15) is 24.1 Å². The Morgan fingerprint density at radius 2 is 2.08 bits per heavy atom. The van der Waals surface area contributed by atoms with Crippen LogP contribution in [-0.4, -0.2) is 57.2 Å². The summed E-state index contributed by atoms with van der Waals surface area (Å²) in [6.07, 6.45) is -0.260. The van der Waals surface area contributed by atoms with Crippen molar-refractivity contribution in [1.29, 1.82) is 0 Å². The van der Waals surface area contributed by atoms with Crippen molar-refractivity contribution in [3.63, 3.8) is 0 Å². The lowest BCUT2D eigenvalue weighted by atomic mass is 9.89. The third kappa shape index (κ3) is 3.95. The highest BCUT2D eigenvalue weighted by Crippen LogP contribution is 2.28. The zero-order valence-corrected chi connectivity index (χ0v) is 14.1. The van der Waals surface area contributed by atoms with E-state index >= 15 is 0 Å². The van der Waals surface area contributed by atoms with Crippen LogP contribution in [0.1, 0.15) is 25.3 Å². The summed E-state index contributed by atoms with van der Waals surface area (Å²) in [7, 11) is 0. The van der Waals surface area contributed by atoms with E-state index in [0.29, 0.717) is 25.1 Å². The van der Waals surface area contributed by atoms with E-state index in [1.54, 1.807) is 0 Å². The minimum absolute atomic E-state index is 0.0473. The van der Waals surface area contributed by atoms with Crippen molar-refractivity contribution in [2.24, 2.45) is 0 Å². The topological polar surface area (TPSA) is 115 Å². The standard InChI is InChI=1S/C18H24N2O5/c1-10(21)19-7-6-11-9-20-14-8-12(2-3-13(11)14)25-16-5-4-15(22)17(23)18(16)24/h2-3,8-9,15-18,20,22-24H,4-7H2,1H3,(H,19,21). The smallest absolute Gasteiger partial charge is 0.216 e. The van der Waals surface area contributed by atoms with Crippen LogP contribution < -0.4 is 10.1 Å². The second-order valence-corrected chi connectivity index (χ2v) is 6.54. The van der Waals surface area contributed by atoms with Crippen molar-refractivity contribution in [3.8, 4) is 5.75 Å². The van der Waals surface area contributed by atoms with Gasteiger partial charge in [0.25, 0.3) is 0 Å². The average molecular weight is 348 g/mol. The van der Waals surface area contributed by atoms with E-state index in [-0.39, 0.29) is 5.91 Å². The number of aromatic amines is 1. The fourth-order valence-corrected chi connectivity index (χ4v) is 3.25. The molecule has 0 saturated heterocycles. The monoisotopic (exact) mass is 348 g/mol. The largest absolute Gasteiger partial charge is 0.488 e. The Morgan fingerprint density at radius 3 is 2.84 bits per heavy atom. The van der Waals surface area contributed by atoms with Gasteiger partial charge >= 0.3 is 0 Å². The molecule has 1 aromatic carbocycles. The van der Waals surface area contributed by atoms with Crippen LogP contribution in [0, 0.1) is 0 Å². The number of carbonyl (C=O) groups excluding carboxylic acids is 1. The maximum Gasteiger partial charge on any atom is 0.216 e. The summed E-state index contributed by atoms with van der Waals surface area (Å²) < 4.78 is 5.82. The highest BCUT2D eigenvalue weighted by molar-refractivity contribution is 5.84. The van der Waals surface area contributed by atoms with Gasteiger partial charge < -0.3 is 30.4 Å². The molecule has 1 saturated carbocycles. The van der Waals surface area contributed by atoms with Crippen LogP contribution in [0.15, 0.2) is 24.4 Å². The molecule has 7 nitrogen and oxygen atoms in total. The van der Waals surface area contributed by atoms with Gasteiger partial charge in [-0.25, -0.2) is 0 Å². The van der Waals surface area contributed by atoms with Gasteiger partial charge in [-0.15, -0.1) is 0 Å². The molecule has 1 fully saturated rings. The lowest BCUT2D eigenvalue weighted by Gasteiger charge is -2.35. The molecule has 25 heavy (non-hydrogen) atoms. The Balaban J connectivity index is 1.69. The molecule has 3 rings (SSSR count). The molecule has 1 amide bonds. The van der Waals surface area contributed by atoms with Gasteiger partial charge in [-0.05, 0) is 37.0 Å². The molecule has 0 bridgehead atoms. The molecule has 1 aromatic heterocycles. The van der Waals surface area contributed by atoms with Crippen molar-refractivity contribution in [1.82, 2.24) is 10.3 Å². The number of fused-ring (bicyclic) bond motifs is 1. The number of nitrogens with one attached hydrogen (secondary N) is 2. The summed E-state index contributed by atoms with van der Waals surface area (Å²) >= 11 is 0. The van der Waals surface area contributed by atoms with E-state index in [2.05, 4.69) is 10.3 Å². The maximum absolute atomic E-state index is 11.0. The first-order chi connectivity index (χ1) is 12.0. The normalized spacial score (nSPS) is 26.6. The molecular weight excluding hydrogens is 324 g/mol. The third-order valence-electron chi connectivity index (χ3n) is 4.67. The van der Waals surface area contributed by atoms with Gasteiger partial charge in [0.15, 0.2) is 0 Å². The van der Waals surface area contributed by atoms with Crippen LogP contribution in [0.25, 0.3) is 10.9 Å². The first-order valence-electron chi connectivity index (χ1n) is 8.51. The molecule has 1 heterocycles. The zero-order valence-electron chi connectivity index (χ0n) is 14.1. The van der Waals surface area contributed by atoms with Crippen LogP contribution in [-0.2, 0) is 11.2 Å². The minimum atomic E-state index is -1.19. The van der Waals surface area contributed by atoms with Crippen molar-refractivity contribution < 1.29 is 24.9 Å². The molecule has 4 unspecified atom stereocenters. The predicted molar refractivity (Wildman–Crippen MR) is 92.4 cm³/mol. The maximum atomic E-state index is 11.0. The van der Waals surface area contributed by atoms with E-state index in [1.807, 2.05) is 24.4 Å². The van der Waals surface area contributed by atoms with Crippen molar-refractivity contribution in [3.05, 3.63) is 30.0 Å². The molecule has 2 aromatic rings. The number of hydrogen-bond acceptors (Lipinski definition) is 5. The quantitative estimate of drug-likeness (QED) is 0.539. The molecule has 5 N–H and O–H groups in total. The fourth-order valence-electron chi connectivity index (χ4n) is 3.25. The van der Waals surface area contributed by atoms with Gasteiger partial charge in [-0.3, -0.25) is 4.79 Å². The van der Waals surface area contributed by atoms with E-state index < -0.39 is 24.4 Å². The van der Waals surface area contributed by atoms with E-state index in [9.17, 15) is 20.1 Å². The minimum Gasteiger partial charge on any atom is -0.488 e. The Bertz CT molecular complexity index is 744. The number of H-pyrrole nitrogens is 1. The van der Waals surface area contributed by atoms with E-state index in [0.717, 1.165) is 22.9 Å². The molecule has 1 aliphatic carbocycles. The second-order valence-electron chi connectivity index (χ2n) is 6.54. The third-order valence-corrected chi connectivity index (χ3v) is 4.67. The molecule has 4 atom stereocenters. The molecule has 0 radical (unpaired) electrons. The van der Waals surface area contributed by atoms with Gasteiger partial charge in [0.05, 0.1) is 6.10 Å². The molecule has 1 aliphatic rings. The fraction of sp³-hybridized carbons (Fsp3) is 0.500. The Kier molecular flexibility index (Phi) is 5.27. The Labute approximate surface area is 145 Å². The summed E-state index contributed by atoms with van der Waals surface area (Å²) in [5, 5.41) is 33.2.